The number of hydrogen-bond donors (Lipinski definition) is 3. The molecule has 0 saturated heterocycles. The molecule has 0 saturated carbocycles. The first-order valence-corrected chi connectivity index (χ1v) is 11.7. The van der Waals surface area contributed by atoms with Crippen LogP contribution in [0.2, 0.25) is 0 Å². The number of hydrogen-bond acceptors (Lipinski definition) is 4. The summed E-state index contributed by atoms with van der Waals surface area (Å²) in [5.41, 5.74) is 0.277. The van der Waals surface area contributed by atoms with E-state index in [-0.39, 0.29) is 10.8 Å². The molecule has 0 unspecified atom stereocenters. The Morgan fingerprint density at radius 3 is 2.12 bits per heavy atom. The number of carbonyl (C=O) groups excluding carboxylic acids is 2. The maximum absolute atomic E-state index is 12.9. The van der Waals surface area contributed by atoms with Crippen LogP contribution in [0.25, 0.3) is 10.8 Å². The van der Waals surface area contributed by atoms with E-state index in [1.165, 1.54) is 6.07 Å². The van der Waals surface area contributed by atoms with Crippen molar-refractivity contribution in [2.45, 2.75) is 44.2 Å². The Morgan fingerprint density at radius 1 is 0.844 bits per heavy atom. The molecule has 3 N–H and O–H groups in total. The fraction of sp³-hybridized carbons (Fsp3) is 0.250. The van der Waals surface area contributed by atoms with Crippen LogP contribution in [0, 0.1) is 0 Å². The van der Waals surface area contributed by atoms with Crippen LogP contribution >= 0.6 is 0 Å². The molecule has 1 atom stereocenters. The lowest BCUT2D eigenvalue weighted by Gasteiger charge is -2.21. The zero-order valence-electron chi connectivity index (χ0n) is 18.5. The van der Waals surface area contributed by atoms with Crippen molar-refractivity contribution >= 4 is 38.3 Å². The highest BCUT2D eigenvalue weighted by Crippen LogP contribution is 2.29. The van der Waals surface area contributed by atoms with Gasteiger partial charge in [0.2, 0.25) is 15.9 Å². The third kappa shape index (κ3) is 5.52. The SMILES string of the molecule is C[C@H](NC(=O)c1ccccc1)C(=O)Nc1cccc2c(S(=O)(=O)NC(C)(C)C)cccc12. The van der Waals surface area contributed by atoms with Gasteiger partial charge < -0.3 is 10.6 Å². The summed E-state index contributed by atoms with van der Waals surface area (Å²) >= 11 is 0. The smallest absolute Gasteiger partial charge is 0.251 e. The molecule has 168 valence electrons. The Labute approximate surface area is 188 Å². The van der Waals surface area contributed by atoms with E-state index in [1.807, 2.05) is 0 Å². The second-order valence-electron chi connectivity index (χ2n) is 8.56. The van der Waals surface area contributed by atoms with Crippen LogP contribution in [-0.2, 0) is 14.8 Å². The van der Waals surface area contributed by atoms with Gasteiger partial charge in [-0.1, -0.05) is 42.5 Å². The molecule has 8 heteroatoms. The van der Waals surface area contributed by atoms with Crippen molar-refractivity contribution in [2.24, 2.45) is 0 Å². The number of anilines is 1. The lowest BCUT2D eigenvalue weighted by atomic mass is 10.1. The number of fused-ring (bicyclic) bond motifs is 1. The van der Waals surface area contributed by atoms with Gasteiger partial charge in [-0.05, 0) is 52.0 Å². The molecule has 0 spiro atoms. The monoisotopic (exact) mass is 453 g/mol. The van der Waals surface area contributed by atoms with E-state index in [1.54, 1.807) is 88.4 Å². The highest BCUT2D eigenvalue weighted by Gasteiger charge is 2.24. The van der Waals surface area contributed by atoms with E-state index in [2.05, 4.69) is 15.4 Å². The van der Waals surface area contributed by atoms with E-state index in [0.29, 0.717) is 22.0 Å². The molecular weight excluding hydrogens is 426 g/mol. The second kappa shape index (κ2) is 9.10. The normalized spacial score (nSPS) is 12.9. The van der Waals surface area contributed by atoms with E-state index in [4.69, 9.17) is 0 Å². The highest BCUT2D eigenvalue weighted by atomic mass is 32.2. The first-order valence-electron chi connectivity index (χ1n) is 10.2. The van der Waals surface area contributed by atoms with Gasteiger partial charge in [0.15, 0.2) is 0 Å². The predicted octanol–water partition coefficient (Wildman–Crippen LogP) is 3.67. The van der Waals surface area contributed by atoms with E-state index < -0.39 is 27.5 Å². The molecule has 0 bridgehead atoms. The van der Waals surface area contributed by atoms with Gasteiger partial charge in [0.1, 0.15) is 6.04 Å². The van der Waals surface area contributed by atoms with Crippen LogP contribution in [0.5, 0.6) is 0 Å². The second-order valence-corrected chi connectivity index (χ2v) is 10.2. The average molecular weight is 454 g/mol. The number of sulfonamides is 1. The molecule has 0 aliphatic carbocycles. The molecule has 0 fully saturated rings. The fourth-order valence-electron chi connectivity index (χ4n) is 3.26. The zero-order chi connectivity index (χ0) is 23.5. The van der Waals surface area contributed by atoms with Gasteiger partial charge in [-0.3, -0.25) is 9.59 Å². The number of nitrogens with one attached hydrogen (secondary N) is 3. The molecule has 0 radical (unpaired) electrons. The summed E-state index contributed by atoms with van der Waals surface area (Å²) in [6, 6.07) is 17.8. The lowest BCUT2D eigenvalue weighted by molar-refractivity contribution is -0.117. The van der Waals surface area contributed by atoms with Crippen molar-refractivity contribution in [2.75, 3.05) is 5.32 Å². The molecule has 0 aliphatic rings. The average Bonchev–Trinajstić information content (AvgIpc) is 2.72. The summed E-state index contributed by atoms with van der Waals surface area (Å²) in [6.45, 7) is 6.90. The summed E-state index contributed by atoms with van der Waals surface area (Å²) in [7, 11) is -3.77. The van der Waals surface area contributed by atoms with E-state index in [9.17, 15) is 18.0 Å². The minimum absolute atomic E-state index is 0.131. The summed E-state index contributed by atoms with van der Waals surface area (Å²) in [5.74, 6) is -0.768. The third-order valence-electron chi connectivity index (χ3n) is 4.65. The highest BCUT2D eigenvalue weighted by molar-refractivity contribution is 7.89. The molecular formula is C24H27N3O4S. The van der Waals surface area contributed by atoms with Crippen molar-refractivity contribution < 1.29 is 18.0 Å². The first-order chi connectivity index (χ1) is 15.0. The molecule has 2 amide bonds. The van der Waals surface area contributed by atoms with Crippen LogP contribution in [0.15, 0.2) is 71.6 Å². The van der Waals surface area contributed by atoms with Gasteiger partial charge in [-0.2, -0.15) is 0 Å². The molecule has 3 aromatic carbocycles. The van der Waals surface area contributed by atoms with Crippen LogP contribution in [-0.4, -0.2) is 31.8 Å². The van der Waals surface area contributed by atoms with Crippen molar-refractivity contribution in [1.29, 1.82) is 0 Å². The topological polar surface area (TPSA) is 104 Å². The van der Waals surface area contributed by atoms with Gasteiger partial charge in [0, 0.05) is 27.6 Å². The Bertz CT molecular complexity index is 1250. The molecule has 0 aliphatic heterocycles. The Kier molecular flexibility index (Phi) is 6.66. The standard InChI is InChI=1S/C24H27N3O4S/c1-16(25-23(29)17-10-6-5-7-11-17)22(28)26-20-14-8-13-19-18(20)12-9-15-21(19)32(30,31)27-24(2,3)4/h5-16,27H,1-4H3,(H,25,29)(H,26,28)/t16-/m0/s1. The Morgan fingerprint density at radius 2 is 1.47 bits per heavy atom. The molecule has 32 heavy (non-hydrogen) atoms. The number of carbonyl (C=O) groups is 2. The summed E-state index contributed by atoms with van der Waals surface area (Å²) in [6.07, 6.45) is 0. The molecule has 3 rings (SSSR count). The van der Waals surface area contributed by atoms with Crippen LogP contribution in [0.1, 0.15) is 38.1 Å². The molecule has 0 aromatic heterocycles. The third-order valence-corrected chi connectivity index (χ3v) is 6.46. The minimum Gasteiger partial charge on any atom is -0.341 e. The summed E-state index contributed by atoms with van der Waals surface area (Å²) < 4.78 is 28.5. The number of rotatable bonds is 6. The quantitative estimate of drug-likeness (QED) is 0.530. The van der Waals surface area contributed by atoms with Crippen molar-refractivity contribution in [3.8, 4) is 0 Å². The van der Waals surface area contributed by atoms with Crippen molar-refractivity contribution in [1.82, 2.24) is 10.0 Å². The minimum atomic E-state index is -3.77. The molecule has 3 aromatic rings. The van der Waals surface area contributed by atoms with Gasteiger partial charge >= 0.3 is 0 Å². The predicted molar refractivity (Wildman–Crippen MR) is 126 cm³/mol. The Hall–Kier alpha value is -3.23. The summed E-state index contributed by atoms with van der Waals surface area (Å²) in [4.78, 5) is 25.2. The number of benzene rings is 3. The van der Waals surface area contributed by atoms with E-state index in [0.717, 1.165) is 0 Å². The zero-order valence-corrected chi connectivity index (χ0v) is 19.3. The van der Waals surface area contributed by atoms with Gasteiger partial charge in [-0.15, -0.1) is 0 Å². The van der Waals surface area contributed by atoms with Gasteiger partial charge in [0.05, 0.1) is 4.90 Å². The van der Waals surface area contributed by atoms with Gasteiger partial charge in [0.25, 0.3) is 5.91 Å². The van der Waals surface area contributed by atoms with Crippen molar-refractivity contribution in [3.05, 3.63) is 72.3 Å². The molecule has 7 nitrogen and oxygen atoms in total. The Balaban J connectivity index is 1.85. The van der Waals surface area contributed by atoms with Crippen LogP contribution < -0.4 is 15.4 Å². The maximum Gasteiger partial charge on any atom is 0.251 e. The largest absolute Gasteiger partial charge is 0.341 e. The maximum atomic E-state index is 12.9. The summed E-state index contributed by atoms with van der Waals surface area (Å²) in [5, 5.41) is 6.54. The fourth-order valence-corrected chi connectivity index (χ4v) is 4.90. The first kappa shape index (κ1) is 23.4. The van der Waals surface area contributed by atoms with E-state index >= 15 is 0 Å². The van der Waals surface area contributed by atoms with Crippen LogP contribution in [0.3, 0.4) is 0 Å². The van der Waals surface area contributed by atoms with Crippen molar-refractivity contribution in [3.63, 3.8) is 0 Å². The van der Waals surface area contributed by atoms with Gasteiger partial charge in [-0.25, -0.2) is 13.1 Å². The molecule has 0 heterocycles. The number of amides is 2. The van der Waals surface area contributed by atoms with Crippen LogP contribution in [0.4, 0.5) is 5.69 Å². The lowest BCUT2D eigenvalue weighted by Crippen LogP contribution is -2.41.